The number of benzene rings is 2. The van der Waals surface area contributed by atoms with Gasteiger partial charge in [0.25, 0.3) is 0 Å². The van der Waals surface area contributed by atoms with Crippen molar-refractivity contribution in [1.29, 1.82) is 0 Å². The van der Waals surface area contributed by atoms with Crippen LogP contribution in [0.25, 0.3) is 0 Å². The standard InChI is InChI=1S/C12H10BClO/c13-9-6-7-12(11(14)8-9)15-10-4-2-1-3-5-10/h1-8H,13H2. The van der Waals surface area contributed by atoms with E-state index in [-0.39, 0.29) is 0 Å². The van der Waals surface area contributed by atoms with Gasteiger partial charge in [-0.05, 0) is 24.3 Å². The molecule has 0 N–H and O–H groups in total. The van der Waals surface area contributed by atoms with E-state index in [9.17, 15) is 0 Å². The highest BCUT2D eigenvalue weighted by atomic mass is 35.5. The Hall–Kier alpha value is -1.41. The van der Waals surface area contributed by atoms with E-state index < -0.39 is 0 Å². The van der Waals surface area contributed by atoms with Crippen LogP contribution >= 0.6 is 11.6 Å². The summed E-state index contributed by atoms with van der Waals surface area (Å²) < 4.78 is 5.63. The van der Waals surface area contributed by atoms with Crippen molar-refractivity contribution in [2.24, 2.45) is 0 Å². The molecule has 0 saturated heterocycles. The Morgan fingerprint density at radius 1 is 1.00 bits per heavy atom. The van der Waals surface area contributed by atoms with Crippen LogP contribution in [0.1, 0.15) is 0 Å². The van der Waals surface area contributed by atoms with Crippen molar-refractivity contribution in [2.45, 2.75) is 0 Å². The zero-order chi connectivity index (χ0) is 10.7. The first-order valence-corrected chi connectivity index (χ1v) is 5.12. The zero-order valence-electron chi connectivity index (χ0n) is 8.41. The van der Waals surface area contributed by atoms with Gasteiger partial charge in [0.15, 0.2) is 0 Å². The maximum absolute atomic E-state index is 6.05. The lowest BCUT2D eigenvalue weighted by Gasteiger charge is -2.07. The minimum absolute atomic E-state index is 0.638. The van der Waals surface area contributed by atoms with Crippen molar-refractivity contribution >= 4 is 24.9 Å². The van der Waals surface area contributed by atoms with Gasteiger partial charge in [-0.1, -0.05) is 41.3 Å². The first kappa shape index (κ1) is 10.1. The third kappa shape index (κ3) is 2.54. The van der Waals surface area contributed by atoms with Crippen molar-refractivity contribution in [3.8, 4) is 11.5 Å². The maximum Gasteiger partial charge on any atom is 0.145 e. The fraction of sp³-hybridized carbons (Fsp3) is 0. The lowest BCUT2D eigenvalue weighted by molar-refractivity contribution is 0.483. The summed E-state index contributed by atoms with van der Waals surface area (Å²) in [5.41, 5.74) is 1.13. The molecule has 0 fully saturated rings. The van der Waals surface area contributed by atoms with Crippen molar-refractivity contribution in [3.05, 3.63) is 53.6 Å². The Morgan fingerprint density at radius 2 is 1.73 bits per heavy atom. The molecule has 0 aliphatic rings. The summed E-state index contributed by atoms with van der Waals surface area (Å²) >= 11 is 6.05. The van der Waals surface area contributed by atoms with Crippen LogP contribution in [0.15, 0.2) is 48.5 Å². The number of rotatable bonds is 2. The second-order valence-corrected chi connectivity index (χ2v) is 3.76. The van der Waals surface area contributed by atoms with Gasteiger partial charge in [-0.3, -0.25) is 0 Å². The molecule has 74 valence electrons. The summed E-state index contributed by atoms with van der Waals surface area (Å²) in [6.07, 6.45) is 0. The molecule has 0 bridgehead atoms. The largest absolute Gasteiger partial charge is 0.456 e. The average molecular weight is 216 g/mol. The first-order chi connectivity index (χ1) is 7.25. The normalized spacial score (nSPS) is 9.93. The van der Waals surface area contributed by atoms with Crippen LogP contribution in [0.2, 0.25) is 5.02 Å². The van der Waals surface area contributed by atoms with E-state index in [0.29, 0.717) is 10.8 Å². The number of ether oxygens (including phenoxy) is 1. The smallest absolute Gasteiger partial charge is 0.145 e. The molecule has 0 heterocycles. The monoisotopic (exact) mass is 216 g/mol. The third-order valence-electron chi connectivity index (χ3n) is 2.06. The molecule has 2 aromatic carbocycles. The molecule has 0 atom stereocenters. The van der Waals surface area contributed by atoms with Gasteiger partial charge in [0, 0.05) is 0 Å². The van der Waals surface area contributed by atoms with Crippen LogP contribution in [-0.4, -0.2) is 7.85 Å². The van der Waals surface area contributed by atoms with Crippen molar-refractivity contribution in [3.63, 3.8) is 0 Å². The average Bonchev–Trinajstić information content (AvgIpc) is 2.24. The molecule has 0 aromatic heterocycles. The predicted octanol–water partition coefficient (Wildman–Crippen LogP) is 2.39. The molecule has 0 aliphatic carbocycles. The first-order valence-electron chi connectivity index (χ1n) is 4.75. The summed E-state index contributed by atoms with van der Waals surface area (Å²) in [5.74, 6) is 1.48. The SMILES string of the molecule is Bc1ccc(Oc2ccccc2)c(Cl)c1. The Bertz CT molecular complexity index is 456. The van der Waals surface area contributed by atoms with Crippen molar-refractivity contribution in [1.82, 2.24) is 0 Å². The Balaban J connectivity index is 2.25. The Kier molecular flexibility index (Phi) is 2.98. The van der Waals surface area contributed by atoms with Crippen LogP contribution in [0.4, 0.5) is 0 Å². The second kappa shape index (κ2) is 4.41. The molecule has 0 amide bonds. The number of para-hydroxylation sites is 1. The number of hydrogen-bond acceptors (Lipinski definition) is 1. The van der Waals surface area contributed by atoms with Crippen LogP contribution < -0.4 is 10.2 Å². The number of hydrogen-bond donors (Lipinski definition) is 0. The van der Waals surface area contributed by atoms with E-state index in [1.54, 1.807) is 0 Å². The molecule has 0 unspecified atom stereocenters. The molecule has 15 heavy (non-hydrogen) atoms. The highest BCUT2D eigenvalue weighted by molar-refractivity contribution is 6.37. The van der Waals surface area contributed by atoms with Gasteiger partial charge < -0.3 is 4.74 Å². The minimum atomic E-state index is 0.638. The lowest BCUT2D eigenvalue weighted by Crippen LogP contribution is -2.00. The van der Waals surface area contributed by atoms with Crippen LogP contribution in [0.5, 0.6) is 11.5 Å². The molecule has 3 heteroatoms. The minimum Gasteiger partial charge on any atom is -0.456 e. The molecule has 0 saturated carbocycles. The van der Waals surface area contributed by atoms with Crippen molar-refractivity contribution < 1.29 is 4.74 Å². The fourth-order valence-electron chi connectivity index (χ4n) is 1.30. The van der Waals surface area contributed by atoms with Gasteiger partial charge in [-0.2, -0.15) is 0 Å². The second-order valence-electron chi connectivity index (χ2n) is 3.35. The van der Waals surface area contributed by atoms with E-state index >= 15 is 0 Å². The number of halogens is 1. The molecule has 2 aromatic rings. The van der Waals surface area contributed by atoms with Gasteiger partial charge in [0.2, 0.25) is 0 Å². The highest BCUT2D eigenvalue weighted by Gasteiger charge is 2.02. The predicted molar refractivity (Wildman–Crippen MR) is 66.1 cm³/mol. The fourth-order valence-corrected chi connectivity index (χ4v) is 1.58. The van der Waals surface area contributed by atoms with Gasteiger partial charge in [-0.25, -0.2) is 0 Å². The highest BCUT2D eigenvalue weighted by Crippen LogP contribution is 2.27. The Labute approximate surface area is 95.1 Å². The summed E-state index contributed by atoms with van der Waals surface area (Å²) in [7, 11) is 2.00. The van der Waals surface area contributed by atoms with Gasteiger partial charge >= 0.3 is 0 Å². The van der Waals surface area contributed by atoms with Gasteiger partial charge in [0.1, 0.15) is 19.3 Å². The summed E-state index contributed by atoms with van der Waals surface area (Å²) in [6, 6.07) is 15.3. The molecule has 1 nitrogen and oxygen atoms in total. The van der Waals surface area contributed by atoms with Crippen molar-refractivity contribution in [2.75, 3.05) is 0 Å². The molecule has 0 aliphatic heterocycles. The lowest BCUT2D eigenvalue weighted by atomic mass is 9.97. The molecule has 0 spiro atoms. The third-order valence-corrected chi connectivity index (χ3v) is 2.35. The van der Waals surface area contributed by atoms with Crippen LogP contribution in [0.3, 0.4) is 0 Å². The summed E-state index contributed by atoms with van der Waals surface area (Å²) in [5, 5.41) is 0.638. The van der Waals surface area contributed by atoms with Gasteiger partial charge in [0.05, 0.1) is 5.02 Å². The van der Waals surface area contributed by atoms with Gasteiger partial charge in [-0.15, -0.1) is 0 Å². The molecule has 2 rings (SSSR count). The van der Waals surface area contributed by atoms with E-state index in [2.05, 4.69) is 0 Å². The maximum atomic E-state index is 6.05. The van der Waals surface area contributed by atoms with E-state index in [1.807, 2.05) is 56.4 Å². The van der Waals surface area contributed by atoms with E-state index in [0.717, 1.165) is 11.2 Å². The zero-order valence-corrected chi connectivity index (χ0v) is 9.16. The molecule has 0 radical (unpaired) electrons. The van der Waals surface area contributed by atoms with Crippen LogP contribution in [0, 0.1) is 0 Å². The Morgan fingerprint density at radius 3 is 2.40 bits per heavy atom. The topological polar surface area (TPSA) is 9.23 Å². The van der Waals surface area contributed by atoms with E-state index in [4.69, 9.17) is 16.3 Å². The summed E-state index contributed by atoms with van der Waals surface area (Å²) in [4.78, 5) is 0. The summed E-state index contributed by atoms with van der Waals surface area (Å²) in [6.45, 7) is 0. The molecular formula is C12H10BClO. The molecular weight excluding hydrogens is 206 g/mol. The van der Waals surface area contributed by atoms with Crippen LogP contribution in [-0.2, 0) is 0 Å². The quantitative estimate of drug-likeness (QED) is 0.701. The van der Waals surface area contributed by atoms with E-state index in [1.165, 1.54) is 0 Å².